The van der Waals surface area contributed by atoms with Crippen molar-refractivity contribution >= 4 is 11.6 Å². The number of anilines is 1. The van der Waals surface area contributed by atoms with E-state index >= 15 is 0 Å². The highest BCUT2D eigenvalue weighted by atomic mass is 19.1. The normalized spacial score (nSPS) is 10.7. The third-order valence-corrected chi connectivity index (χ3v) is 2.61. The highest BCUT2D eigenvalue weighted by molar-refractivity contribution is 5.93. The molecule has 0 spiro atoms. The third kappa shape index (κ3) is 4.11. The van der Waals surface area contributed by atoms with Gasteiger partial charge in [0.15, 0.2) is 0 Å². The van der Waals surface area contributed by atoms with Crippen LogP contribution in [0, 0.1) is 11.7 Å². The van der Waals surface area contributed by atoms with Gasteiger partial charge in [0.05, 0.1) is 5.69 Å². The summed E-state index contributed by atoms with van der Waals surface area (Å²) in [6, 6.07) is 6.35. The Bertz CT molecular complexity index is 393. The van der Waals surface area contributed by atoms with Crippen molar-refractivity contribution in [1.82, 2.24) is 0 Å². The molecular formula is C14H21FN2O. The number of halogens is 1. The molecule has 4 heteroatoms. The number of nitrogens with two attached hydrogens (primary N) is 1. The Balaban J connectivity index is 2.90. The zero-order valence-corrected chi connectivity index (χ0v) is 11.0. The van der Waals surface area contributed by atoms with E-state index in [1.54, 1.807) is 18.2 Å². The van der Waals surface area contributed by atoms with Crippen molar-refractivity contribution in [2.75, 3.05) is 18.0 Å². The lowest BCUT2D eigenvalue weighted by atomic mass is 10.1. The minimum atomic E-state index is -0.369. The first kappa shape index (κ1) is 14.6. The molecule has 0 aromatic heterocycles. The monoisotopic (exact) mass is 252 g/mol. The van der Waals surface area contributed by atoms with Crippen LogP contribution in [0.15, 0.2) is 24.3 Å². The second-order valence-electron chi connectivity index (χ2n) is 4.74. The molecule has 0 aliphatic rings. The van der Waals surface area contributed by atoms with Crippen molar-refractivity contribution in [3.63, 3.8) is 0 Å². The number of carbonyl (C=O) groups is 1. The maximum atomic E-state index is 13.7. The summed E-state index contributed by atoms with van der Waals surface area (Å²) in [5, 5.41) is 0. The molecule has 0 saturated heterocycles. The van der Waals surface area contributed by atoms with E-state index in [2.05, 4.69) is 0 Å². The van der Waals surface area contributed by atoms with Gasteiger partial charge in [0, 0.05) is 13.0 Å². The lowest BCUT2D eigenvalue weighted by molar-refractivity contribution is -0.119. The summed E-state index contributed by atoms with van der Waals surface area (Å²) in [4.78, 5) is 13.6. The van der Waals surface area contributed by atoms with Crippen molar-refractivity contribution in [2.45, 2.75) is 26.7 Å². The van der Waals surface area contributed by atoms with Gasteiger partial charge in [0.2, 0.25) is 5.91 Å². The molecule has 0 unspecified atom stereocenters. The maximum absolute atomic E-state index is 13.7. The lowest BCUT2D eigenvalue weighted by Gasteiger charge is -2.24. The largest absolute Gasteiger partial charge is 0.330 e. The molecule has 0 atom stereocenters. The van der Waals surface area contributed by atoms with Crippen molar-refractivity contribution in [1.29, 1.82) is 0 Å². The first-order valence-electron chi connectivity index (χ1n) is 6.31. The average Bonchev–Trinajstić information content (AvgIpc) is 2.31. The molecular weight excluding hydrogens is 231 g/mol. The van der Waals surface area contributed by atoms with Crippen LogP contribution in [0.4, 0.5) is 10.1 Å². The van der Waals surface area contributed by atoms with E-state index < -0.39 is 0 Å². The summed E-state index contributed by atoms with van der Waals surface area (Å²) < 4.78 is 13.7. The number of carbonyl (C=O) groups excluding carboxylic acids is 1. The molecule has 1 amide bonds. The molecule has 0 saturated carbocycles. The number of hydrogen-bond donors (Lipinski definition) is 1. The summed E-state index contributed by atoms with van der Waals surface area (Å²) in [5.74, 6) is -0.167. The van der Waals surface area contributed by atoms with Crippen LogP contribution >= 0.6 is 0 Å². The highest BCUT2D eigenvalue weighted by Gasteiger charge is 2.18. The van der Waals surface area contributed by atoms with E-state index in [9.17, 15) is 9.18 Å². The summed E-state index contributed by atoms with van der Waals surface area (Å²) in [6.07, 6.45) is 1.08. The molecule has 2 N–H and O–H groups in total. The van der Waals surface area contributed by atoms with Crippen LogP contribution < -0.4 is 10.6 Å². The average molecular weight is 252 g/mol. The quantitative estimate of drug-likeness (QED) is 0.845. The van der Waals surface area contributed by atoms with E-state index in [1.807, 2.05) is 13.8 Å². The molecule has 3 nitrogen and oxygen atoms in total. The van der Waals surface area contributed by atoms with Gasteiger partial charge in [-0.1, -0.05) is 26.0 Å². The zero-order chi connectivity index (χ0) is 13.5. The number of nitrogens with zero attached hydrogens (tertiary/aromatic N) is 1. The van der Waals surface area contributed by atoms with Gasteiger partial charge in [-0.3, -0.25) is 4.79 Å². The summed E-state index contributed by atoms with van der Waals surface area (Å²) >= 11 is 0. The van der Waals surface area contributed by atoms with E-state index in [0.29, 0.717) is 31.6 Å². The Morgan fingerprint density at radius 1 is 1.39 bits per heavy atom. The van der Waals surface area contributed by atoms with Crippen molar-refractivity contribution in [2.24, 2.45) is 11.7 Å². The Kier molecular flexibility index (Phi) is 5.78. The molecule has 1 aromatic rings. The van der Waals surface area contributed by atoms with Crippen LogP contribution in [0.25, 0.3) is 0 Å². The fraction of sp³-hybridized carbons (Fsp3) is 0.500. The molecule has 18 heavy (non-hydrogen) atoms. The predicted octanol–water partition coefficient (Wildman–Crippen LogP) is 2.55. The fourth-order valence-electron chi connectivity index (χ4n) is 1.76. The zero-order valence-electron chi connectivity index (χ0n) is 11.0. The second-order valence-corrected chi connectivity index (χ2v) is 4.74. The minimum absolute atomic E-state index is 0.0523. The van der Waals surface area contributed by atoms with Crippen molar-refractivity contribution in [3.8, 4) is 0 Å². The van der Waals surface area contributed by atoms with Crippen LogP contribution in [0.5, 0.6) is 0 Å². The van der Waals surface area contributed by atoms with Crippen molar-refractivity contribution < 1.29 is 9.18 Å². The van der Waals surface area contributed by atoms with E-state index in [4.69, 9.17) is 5.73 Å². The Morgan fingerprint density at radius 2 is 2.06 bits per heavy atom. The predicted molar refractivity (Wildman–Crippen MR) is 71.9 cm³/mol. The molecule has 1 aromatic carbocycles. The molecule has 1 rings (SSSR count). The first-order chi connectivity index (χ1) is 8.56. The van der Waals surface area contributed by atoms with Gasteiger partial charge >= 0.3 is 0 Å². The standard InChI is InChI=1S/C14H21FN2O/c1-11(2)10-14(18)17(9-5-8-16)13-7-4-3-6-12(13)15/h3-4,6-7,11H,5,8-10,16H2,1-2H3. The fourth-order valence-corrected chi connectivity index (χ4v) is 1.76. The second kappa shape index (κ2) is 7.11. The van der Waals surface area contributed by atoms with Gasteiger partial charge in [-0.15, -0.1) is 0 Å². The minimum Gasteiger partial charge on any atom is -0.330 e. The Morgan fingerprint density at radius 3 is 2.61 bits per heavy atom. The van der Waals surface area contributed by atoms with Gasteiger partial charge in [-0.05, 0) is 31.0 Å². The van der Waals surface area contributed by atoms with Gasteiger partial charge in [0.1, 0.15) is 5.82 Å². The number of hydrogen-bond acceptors (Lipinski definition) is 2. The molecule has 0 heterocycles. The molecule has 100 valence electrons. The van der Waals surface area contributed by atoms with Gasteiger partial charge in [-0.25, -0.2) is 4.39 Å². The van der Waals surface area contributed by atoms with Crippen LogP contribution in [0.1, 0.15) is 26.7 Å². The Labute approximate surface area is 108 Å². The van der Waals surface area contributed by atoms with E-state index in [-0.39, 0.29) is 17.6 Å². The van der Waals surface area contributed by atoms with E-state index in [0.717, 1.165) is 0 Å². The lowest BCUT2D eigenvalue weighted by Crippen LogP contribution is -2.34. The van der Waals surface area contributed by atoms with E-state index in [1.165, 1.54) is 11.0 Å². The maximum Gasteiger partial charge on any atom is 0.227 e. The highest BCUT2D eigenvalue weighted by Crippen LogP contribution is 2.20. The van der Waals surface area contributed by atoms with Gasteiger partial charge in [0.25, 0.3) is 0 Å². The first-order valence-corrected chi connectivity index (χ1v) is 6.31. The summed E-state index contributed by atoms with van der Waals surface area (Å²) in [6.45, 7) is 4.89. The molecule has 0 radical (unpaired) electrons. The number of amides is 1. The van der Waals surface area contributed by atoms with Crippen LogP contribution in [0.3, 0.4) is 0 Å². The molecule has 0 bridgehead atoms. The summed E-state index contributed by atoms with van der Waals surface area (Å²) in [7, 11) is 0. The van der Waals surface area contributed by atoms with Crippen LogP contribution in [-0.2, 0) is 4.79 Å². The van der Waals surface area contributed by atoms with Gasteiger partial charge in [-0.2, -0.15) is 0 Å². The number of rotatable bonds is 6. The van der Waals surface area contributed by atoms with Crippen LogP contribution in [0.2, 0.25) is 0 Å². The third-order valence-electron chi connectivity index (χ3n) is 2.61. The van der Waals surface area contributed by atoms with Gasteiger partial charge < -0.3 is 10.6 Å². The smallest absolute Gasteiger partial charge is 0.227 e. The Hall–Kier alpha value is -1.42. The SMILES string of the molecule is CC(C)CC(=O)N(CCCN)c1ccccc1F. The topological polar surface area (TPSA) is 46.3 Å². The van der Waals surface area contributed by atoms with Crippen molar-refractivity contribution in [3.05, 3.63) is 30.1 Å². The molecule has 0 aliphatic heterocycles. The van der Waals surface area contributed by atoms with Crippen LogP contribution in [-0.4, -0.2) is 19.0 Å². The molecule has 0 aliphatic carbocycles. The number of para-hydroxylation sites is 1. The number of benzene rings is 1. The summed E-state index contributed by atoms with van der Waals surface area (Å²) in [5.41, 5.74) is 5.81. The molecule has 0 fully saturated rings.